The normalized spacial score (nSPS) is 10.8. The molecule has 0 radical (unpaired) electrons. The third kappa shape index (κ3) is 3.06. The van der Waals surface area contributed by atoms with Crippen LogP contribution in [-0.2, 0) is 6.54 Å². The summed E-state index contributed by atoms with van der Waals surface area (Å²) in [5.41, 5.74) is 0.594. The zero-order valence-corrected chi connectivity index (χ0v) is 12.6. The lowest BCUT2D eigenvalue weighted by Gasteiger charge is -2.05. The van der Waals surface area contributed by atoms with Crippen LogP contribution >= 0.6 is 11.3 Å². The van der Waals surface area contributed by atoms with Gasteiger partial charge in [-0.05, 0) is 31.2 Å². The van der Waals surface area contributed by atoms with Gasteiger partial charge in [0.05, 0.1) is 12.2 Å². The highest BCUT2D eigenvalue weighted by Crippen LogP contribution is 2.12. The molecule has 0 unspecified atom stereocenters. The van der Waals surface area contributed by atoms with Crippen LogP contribution in [0.5, 0.6) is 5.75 Å². The summed E-state index contributed by atoms with van der Waals surface area (Å²) in [7, 11) is 0. The van der Waals surface area contributed by atoms with Gasteiger partial charge in [-0.1, -0.05) is 0 Å². The number of halogens is 1. The van der Waals surface area contributed by atoms with Crippen LogP contribution in [0.4, 0.5) is 4.39 Å². The number of aryl methyl sites for hydroxylation is 1. The molecular weight excluding hydrogens is 307 g/mol. The van der Waals surface area contributed by atoms with Crippen molar-refractivity contribution in [3.05, 3.63) is 58.0 Å². The Morgan fingerprint density at radius 2 is 2.09 bits per heavy atom. The largest absolute Gasteiger partial charge is 0.492 e. The Balaban J connectivity index is 1.65. The Labute approximate surface area is 129 Å². The molecule has 0 aliphatic rings. The maximum Gasteiger partial charge on any atom is 0.352 e. The van der Waals surface area contributed by atoms with E-state index in [0.29, 0.717) is 17.4 Å². The van der Waals surface area contributed by atoms with Crippen molar-refractivity contribution in [1.29, 1.82) is 0 Å². The first-order valence-corrected chi connectivity index (χ1v) is 7.47. The molecular formula is C14H13FN4O2S. The predicted octanol–water partition coefficient (Wildman–Crippen LogP) is 2.02. The van der Waals surface area contributed by atoms with Gasteiger partial charge in [0.1, 0.15) is 24.5 Å². The number of nitrogens with zero attached hydrogens (tertiary/aromatic N) is 4. The van der Waals surface area contributed by atoms with Crippen LogP contribution in [0.15, 0.2) is 40.8 Å². The summed E-state index contributed by atoms with van der Waals surface area (Å²) in [5, 5.41) is 6.50. The molecule has 0 aliphatic carbocycles. The van der Waals surface area contributed by atoms with E-state index in [1.807, 2.05) is 12.3 Å². The van der Waals surface area contributed by atoms with E-state index >= 15 is 0 Å². The summed E-state index contributed by atoms with van der Waals surface area (Å²) >= 11 is 1.38. The van der Waals surface area contributed by atoms with Crippen molar-refractivity contribution in [2.24, 2.45) is 0 Å². The van der Waals surface area contributed by atoms with Gasteiger partial charge in [0.2, 0.25) is 0 Å². The van der Waals surface area contributed by atoms with Crippen molar-refractivity contribution < 1.29 is 9.13 Å². The number of benzene rings is 1. The minimum Gasteiger partial charge on any atom is -0.492 e. The van der Waals surface area contributed by atoms with Crippen molar-refractivity contribution >= 4 is 11.3 Å². The molecule has 6 nitrogen and oxygen atoms in total. The molecule has 2 heterocycles. The van der Waals surface area contributed by atoms with E-state index in [1.54, 1.807) is 0 Å². The SMILES string of the molecule is Cc1csc(-n2cnn(CCOc3ccc(F)cc3)c2=O)n1. The number of hydrogen-bond donors (Lipinski definition) is 0. The summed E-state index contributed by atoms with van der Waals surface area (Å²) in [4.78, 5) is 16.4. The highest BCUT2D eigenvalue weighted by atomic mass is 32.1. The quantitative estimate of drug-likeness (QED) is 0.721. The third-order valence-electron chi connectivity index (χ3n) is 2.93. The van der Waals surface area contributed by atoms with Gasteiger partial charge in [-0.3, -0.25) is 0 Å². The minimum absolute atomic E-state index is 0.263. The Hall–Kier alpha value is -2.48. The molecule has 0 aliphatic heterocycles. The Morgan fingerprint density at radius 3 is 2.77 bits per heavy atom. The van der Waals surface area contributed by atoms with E-state index in [1.165, 1.54) is 51.2 Å². The van der Waals surface area contributed by atoms with Crippen LogP contribution < -0.4 is 10.4 Å². The van der Waals surface area contributed by atoms with Crippen molar-refractivity contribution in [2.75, 3.05) is 6.61 Å². The molecule has 8 heteroatoms. The van der Waals surface area contributed by atoms with E-state index in [9.17, 15) is 9.18 Å². The molecule has 22 heavy (non-hydrogen) atoms. The standard InChI is InChI=1S/C14H13FN4O2S/c1-10-8-22-13(17-10)18-9-16-19(14(18)20)6-7-21-12-4-2-11(15)3-5-12/h2-5,8-9H,6-7H2,1H3. The maximum absolute atomic E-state index is 12.8. The molecule has 3 aromatic rings. The van der Waals surface area contributed by atoms with Gasteiger partial charge in [-0.25, -0.2) is 23.4 Å². The van der Waals surface area contributed by atoms with Crippen molar-refractivity contribution in [3.63, 3.8) is 0 Å². The second kappa shape index (κ2) is 6.10. The molecule has 2 aromatic heterocycles. The fourth-order valence-corrected chi connectivity index (χ4v) is 2.62. The molecule has 0 saturated carbocycles. The molecule has 0 spiro atoms. The van der Waals surface area contributed by atoms with Crippen molar-refractivity contribution in [3.8, 4) is 10.9 Å². The van der Waals surface area contributed by atoms with E-state index < -0.39 is 0 Å². The average molecular weight is 320 g/mol. The van der Waals surface area contributed by atoms with Gasteiger partial charge in [0.15, 0.2) is 5.13 Å². The molecule has 0 saturated heterocycles. The summed E-state index contributed by atoms with van der Waals surface area (Å²) in [5.74, 6) is 0.227. The maximum atomic E-state index is 12.8. The van der Waals surface area contributed by atoms with Gasteiger partial charge in [-0.2, -0.15) is 5.10 Å². The Bertz CT molecular complexity index is 822. The molecule has 1 aromatic carbocycles. The second-order valence-corrected chi connectivity index (χ2v) is 5.42. The van der Waals surface area contributed by atoms with E-state index in [0.717, 1.165) is 5.69 Å². The van der Waals surface area contributed by atoms with Gasteiger partial charge in [-0.15, -0.1) is 11.3 Å². The third-order valence-corrected chi connectivity index (χ3v) is 3.89. The fourth-order valence-electron chi connectivity index (χ4n) is 1.85. The summed E-state index contributed by atoms with van der Waals surface area (Å²) in [6.07, 6.45) is 1.44. The lowest BCUT2D eigenvalue weighted by atomic mass is 10.3. The molecule has 114 valence electrons. The molecule has 0 fully saturated rings. The van der Waals surface area contributed by atoms with Crippen LogP contribution in [0.1, 0.15) is 5.69 Å². The van der Waals surface area contributed by atoms with Crippen molar-refractivity contribution in [2.45, 2.75) is 13.5 Å². The lowest BCUT2D eigenvalue weighted by molar-refractivity contribution is 0.288. The smallest absolute Gasteiger partial charge is 0.352 e. The van der Waals surface area contributed by atoms with Crippen LogP contribution in [-0.4, -0.2) is 25.9 Å². The van der Waals surface area contributed by atoms with Gasteiger partial charge in [0, 0.05) is 5.38 Å². The predicted molar refractivity (Wildman–Crippen MR) is 80.1 cm³/mol. The van der Waals surface area contributed by atoms with Gasteiger partial charge >= 0.3 is 5.69 Å². The average Bonchev–Trinajstić information content (AvgIpc) is 3.08. The number of rotatable bonds is 5. The second-order valence-electron chi connectivity index (χ2n) is 4.58. The van der Waals surface area contributed by atoms with Crippen LogP contribution in [0.25, 0.3) is 5.13 Å². The fraction of sp³-hybridized carbons (Fsp3) is 0.214. The molecule has 3 rings (SSSR count). The van der Waals surface area contributed by atoms with Crippen LogP contribution in [0, 0.1) is 12.7 Å². The van der Waals surface area contributed by atoms with E-state index in [4.69, 9.17) is 4.74 Å². The number of aromatic nitrogens is 4. The lowest BCUT2D eigenvalue weighted by Crippen LogP contribution is -2.26. The Kier molecular flexibility index (Phi) is 4.01. The van der Waals surface area contributed by atoms with Gasteiger partial charge in [0.25, 0.3) is 0 Å². The molecule has 0 amide bonds. The van der Waals surface area contributed by atoms with Crippen LogP contribution in [0.2, 0.25) is 0 Å². The number of hydrogen-bond acceptors (Lipinski definition) is 5. The van der Waals surface area contributed by atoms with E-state index in [-0.39, 0.29) is 18.1 Å². The minimum atomic E-state index is -0.318. The van der Waals surface area contributed by atoms with Crippen LogP contribution in [0.3, 0.4) is 0 Å². The number of thiazole rings is 1. The first kappa shape index (κ1) is 14.5. The van der Waals surface area contributed by atoms with E-state index in [2.05, 4.69) is 10.1 Å². The molecule has 0 bridgehead atoms. The monoisotopic (exact) mass is 320 g/mol. The highest BCUT2D eigenvalue weighted by Gasteiger charge is 2.09. The first-order chi connectivity index (χ1) is 10.6. The molecule has 0 N–H and O–H groups in total. The summed E-state index contributed by atoms with van der Waals surface area (Å²) in [6, 6.07) is 5.71. The highest BCUT2D eigenvalue weighted by molar-refractivity contribution is 7.12. The zero-order chi connectivity index (χ0) is 15.5. The Morgan fingerprint density at radius 1 is 1.32 bits per heavy atom. The van der Waals surface area contributed by atoms with Gasteiger partial charge < -0.3 is 4.74 Å². The summed E-state index contributed by atoms with van der Waals surface area (Å²) in [6.45, 7) is 2.43. The number of ether oxygens (including phenoxy) is 1. The topological polar surface area (TPSA) is 61.9 Å². The molecule has 0 atom stereocenters. The zero-order valence-electron chi connectivity index (χ0n) is 11.8. The summed E-state index contributed by atoms with van der Waals surface area (Å²) < 4.78 is 20.9. The van der Waals surface area contributed by atoms with Crippen molar-refractivity contribution in [1.82, 2.24) is 19.3 Å². The first-order valence-electron chi connectivity index (χ1n) is 6.59.